The van der Waals surface area contributed by atoms with E-state index >= 15 is 0 Å². The van der Waals surface area contributed by atoms with Crippen LogP contribution in [0.25, 0.3) is 0 Å². The number of aryl methyl sites for hydroxylation is 2. The zero-order chi connectivity index (χ0) is 18.2. The molecule has 1 heterocycles. The fraction of sp³-hybridized carbons (Fsp3) is 0.318. The van der Waals surface area contributed by atoms with E-state index in [0.29, 0.717) is 12.1 Å². The maximum atomic E-state index is 13.3. The van der Waals surface area contributed by atoms with Crippen LogP contribution in [0, 0.1) is 25.7 Å². The quantitative estimate of drug-likeness (QED) is 0.746. The third-order valence-electron chi connectivity index (χ3n) is 6.29. The van der Waals surface area contributed by atoms with Gasteiger partial charge in [-0.2, -0.15) is 0 Å². The maximum Gasteiger partial charge on any atom is 0.238 e. The first kappa shape index (κ1) is 15.5. The number of nitrogens with zero attached hydrogens (tertiary/aromatic N) is 1. The second-order valence-corrected chi connectivity index (χ2v) is 7.74. The molecule has 4 aliphatic rings. The van der Waals surface area contributed by atoms with Gasteiger partial charge in [-0.25, -0.2) is 4.90 Å². The Balaban J connectivity index is 1.68. The Bertz CT molecular complexity index is 993. The molecule has 6 rings (SSSR count). The summed E-state index contributed by atoms with van der Waals surface area (Å²) in [6.07, 6.45) is 0.364. The molecule has 4 heteroatoms. The monoisotopic (exact) mass is 345 g/mol. The van der Waals surface area contributed by atoms with Gasteiger partial charge in [-0.15, -0.1) is 0 Å². The minimum atomic E-state index is -0.552. The third kappa shape index (κ3) is 1.82. The minimum absolute atomic E-state index is 0.0962. The molecule has 2 aromatic rings. The van der Waals surface area contributed by atoms with E-state index in [9.17, 15) is 14.4 Å². The molecule has 0 spiro atoms. The van der Waals surface area contributed by atoms with E-state index < -0.39 is 17.8 Å². The van der Waals surface area contributed by atoms with Crippen LogP contribution in [0.1, 0.15) is 40.5 Å². The topological polar surface area (TPSA) is 54.5 Å². The van der Waals surface area contributed by atoms with Gasteiger partial charge in [0, 0.05) is 12.3 Å². The number of benzene rings is 2. The highest BCUT2D eigenvalue weighted by Gasteiger charge is 2.62. The van der Waals surface area contributed by atoms with Gasteiger partial charge in [-0.1, -0.05) is 36.4 Å². The summed E-state index contributed by atoms with van der Waals surface area (Å²) in [6, 6.07) is 13.6. The molecule has 0 radical (unpaired) electrons. The van der Waals surface area contributed by atoms with Crippen LogP contribution in [-0.4, -0.2) is 17.6 Å². The summed E-state index contributed by atoms with van der Waals surface area (Å²) in [4.78, 5) is 40.7. The summed E-state index contributed by atoms with van der Waals surface area (Å²) in [7, 11) is 0. The number of carbonyl (C=O) groups excluding carboxylic acids is 3. The Morgan fingerprint density at radius 1 is 0.885 bits per heavy atom. The van der Waals surface area contributed by atoms with Crippen LogP contribution in [0.3, 0.4) is 0 Å². The summed E-state index contributed by atoms with van der Waals surface area (Å²) < 4.78 is 0. The number of ketones is 1. The Hall–Kier alpha value is -2.75. The molecular weight excluding hydrogens is 326 g/mol. The summed E-state index contributed by atoms with van der Waals surface area (Å²) in [5.74, 6) is -1.90. The van der Waals surface area contributed by atoms with Gasteiger partial charge in [0.25, 0.3) is 0 Å². The molecule has 2 amide bonds. The van der Waals surface area contributed by atoms with Gasteiger partial charge in [0.2, 0.25) is 11.8 Å². The van der Waals surface area contributed by atoms with Gasteiger partial charge >= 0.3 is 0 Å². The van der Waals surface area contributed by atoms with Crippen LogP contribution in [-0.2, 0) is 14.4 Å². The Labute approximate surface area is 151 Å². The highest BCUT2D eigenvalue weighted by molar-refractivity contribution is 6.25. The van der Waals surface area contributed by atoms with Crippen molar-refractivity contribution in [3.63, 3.8) is 0 Å². The second kappa shape index (κ2) is 5.13. The molecule has 0 aromatic heterocycles. The number of imide groups is 1. The van der Waals surface area contributed by atoms with Gasteiger partial charge in [0.1, 0.15) is 5.78 Å². The van der Waals surface area contributed by atoms with Crippen LogP contribution in [0.4, 0.5) is 5.69 Å². The van der Waals surface area contributed by atoms with Crippen molar-refractivity contribution in [3.05, 3.63) is 64.7 Å². The summed E-state index contributed by atoms with van der Waals surface area (Å²) >= 11 is 0. The van der Waals surface area contributed by atoms with Crippen LogP contribution in [0.2, 0.25) is 0 Å². The van der Waals surface area contributed by atoms with Crippen molar-refractivity contribution in [2.45, 2.75) is 32.1 Å². The Morgan fingerprint density at radius 2 is 1.58 bits per heavy atom. The van der Waals surface area contributed by atoms with Crippen molar-refractivity contribution in [3.8, 4) is 0 Å². The smallest absolute Gasteiger partial charge is 0.238 e. The minimum Gasteiger partial charge on any atom is -0.299 e. The number of Topliss-reactive ketones (excluding diaryl/α,β-unsaturated/α-hetero) is 1. The molecule has 3 aliphatic carbocycles. The first-order chi connectivity index (χ1) is 12.5. The van der Waals surface area contributed by atoms with Crippen molar-refractivity contribution in [2.24, 2.45) is 11.8 Å². The highest BCUT2D eigenvalue weighted by Crippen LogP contribution is 2.57. The lowest BCUT2D eigenvalue weighted by molar-refractivity contribution is -0.134. The average Bonchev–Trinajstić information content (AvgIpc) is 2.89. The van der Waals surface area contributed by atoms with E-state index in [2.05, 4.69) is 0 Å². The van der Waals surface area contributed by atoms with Crippen molar-refractivity contribution < 1.29 is 14.4 Å². The summed E-state index contributed by atoms with van der Waals surface area (Å²) in [5.41, 5.74) is 4.57. The molecule has 1 saturated carbocycles. The largest absolute Gasteiger partial charge is 0.299 e. The number of fused-ring (bicyclic) bond motifs is 1. The number of hydrogen-bond acceptors (Lipinski definition) is 3. The lowest BCUT2D eigenvalue weighted by Crippen LogP contribution is -2.44. The van der Waals surface area contributed by atoms with E-state index in [1.165, 1.54) is 4.90 Å². The fourth-order valence-corrected chi connectivity index (χ4v) is 5.16. The molecule has 0 N–H and O–H groups in total. The molecule has 1 aliphatic heterocycles. The van der Waals surface area contributed by atoms with E-state index in [1.807, 2.05) is 56.3 Å². The van der Waals surface area contributed by atoms with Gasteiger partial charge in [0.15, 0.2) is 0 Å². The predicted octanol–water partition coefficient (Wildman–Crippen LogP) is 3.26. The van der Waals surface area contributed by atoms with Gasteiger partial charge < -0.3 is 0 Å². The predicted molar refractivity (Wildman–Crippen MR) is 96.9 cm³/mol. The van der Waals surface area contributed by atoms with Crippen molar-refractivity contribution >= 4 is 23.3 Å². The fourth-order valence-electron chi connectivity index (χ4n) is 5.16. The zero-order valence-corrected chi connectivity index (χ0v) is 14.7. The van der Waals surface area contributed by atoms with Crippen molar-refractivity contribution in [1.29, 1.82) is 0 Å². The van der Waals surface area contributed by atoms with Crippen molar-refractivity contribution in [1.82, 2.24) is 0 Å². The van der Waals surface area contributed by atoms with Crippen LogP contribution < -0.4 is 4.90 Å². The van der Waals surface area contributed by atoms with E-state index in [4.69, 9.17) is 0 Å². The third-order valence-corrected chi connectivity index (χ3v) is 6.29. The molecule has 130 valence electrons. The normalized spacial score (nSPS) is 29.2. The van der Waals surface area contributed by atoms with Gasteiger partial charge in [-0.05, 0) is 42.2 Å². The number of carbonyl (C=O) groups is 3. The van der Waals surface area contributed by atoms with Gasteiger partial charge in [0.05, 0.1) is 23.4 Å². The van der Waals surface area contributed by atoms with Crippen LogP contribution in [0.15, 0.2) is 42.5 Å². The van der Waals surface area contributed by atoms with Gasteiger partial charge in [-0.3, -0.25) is 14.4 Å². The van der Waals surface area contributed by atoms with Crippen LogP contribution in [0.5, 0.6) is 0 Å². The number of anilines is 1. The molecule has 2 aromatic carbocycles. The summed E-state index contributed by atoms with van der Waals surface area (Å²) in [5, 5.41) is 0. The molecular formula is C22H19NO3. The maximum absolute atomic E-state index is 13.3. The molecule has 1 saturated heterocycles. The standard InChI is InChI=1S/C22H19NO3/c1-11-7-8-12(2)16(9-11)23-21(25)19-15-10-17(24)18(20(19)22(23)26)14-6-4-3-5-13(14)15/h3-9,15,18-20H,10H2,1-2H3/t15-,18-,19-,20-/m0/s1. The SMILES string of the molecule is Cc1ccc(C)c(N2C(=O)[C@@H]3[C@@H](C2=O)[C@H]2CC(=O)[C@@H]3c3ccccc32)c1. The molecule has 2 fully saturated rings. The molecule has 26 heavy (non-hydrogen) atoms. The van der Waals surface area contributed by atoms with E-state index in [-0.39, 0.29) is 23.5 Å². The number of hydrogen-bond donors (Lipinski definition) is 0. The Kier molecular flexibility index (Phi) is 3.06. The average molecular weight is 345 g/mol. The summed E-state index contributed by atoms with van der Waals surface area (Å²) in [6.45, 7) is 3.86. The highest BCUT2D eigenvalue weighted by atomic mass is 16.2. The molecule has 4 atom stereocenters. The molecule has 2 bridgehead atoms. The van der Waals surface area contributed by atoms with E-state index in [0.717, 1.165) is 22.3 Å². The number of rotatable bonds is 1. The van der Waals surface area contributed by atoms with Crippen molar-refractivity contribution in [2.75, 3.05) is 4.90 Å². The first-order valence-corrected chi connectivity index (χ1v) is 9.05. The number of amides is 2. The lowest BCUT2D eigenvalue weighted by atomic mass is 9.56. The first-order valence-electron chi connectivity index (χ1n) is 9.05. The Morgan fingerprint density at radius 3 is 2.35 bits per heavy atom. The molecule has 4 nitrogen and oxygen atoms in total. The zero-order valence-electron chi connectivity index (χ0n) is 14.7. The molecule has 0 unspecified atom stereocenters. The van der Waals surface area contributed by atoms with Crippen LogP contribution >= 0.6 is 0 Å². The second-order valence-electron chi connectivity index (χ2n) is 7.74. The lowest BCUT2D eigenvalue weighted by Gasteiger charge is -2.43. The van der Waals surface area contributed by atoms with E-state index in [1.54, 1.807) is 0 Å².